The number of methoxy groups -OCH3 is 1. The lowest BCUT2D eigenvalue weighted by atomic mass is 10.0. The van der Waals surface area contributed by atoms with Crippen molar-refractivity contribution in [1.82, 2.24) is 25.6 Å². The molecule has 2 aromatic heterocycles. The summed E-state index contributed by atoms with van der Waals surface area (Å²) < 4.78 is 5.60. The van der Waals surface area contributed by atoms with E-state index in [0.717, 1.165) is 10.8 Å². The second kappa shape index (κ2) is 8.89. The van der Waals surface area contributed by atoms with Gasteiger partial charge in [0.1, 0.15) is 4.88 Å². The molecule has 1 aliphatic rings. The molecule has 28 heavy (non-hydrogen) atoms. The number of nitrogens with one attached hydrogen (secondary N) is 3. The summed E-state index contributed by atoms with van der Waals surface area (Å²) in [6.45, 7) is 3.18. The van der Waals surface area contributed by atoms with Crippen molar-refractivity contribution < 1.29 is 14.3 Å². The van der Waals surface area contributed by atoms with Crippen LogP contribution in [0.4, 0.5) is 5.13 Å². The minimum Gasteiger partial charge on any atom is -0.377 e. The Morgan fingerprint density at radius 2 is 2.25 bits per heavy atom. The van der Waals surface area contributed by atoms with Crippen LogP contribution >= 0.6 is 22.9 Å². The number of piperidine rings is 1. The molecule has 9 nitrogen and oxygen atoms in total. The minimum atomic E-state index is -0.307. The molecular formula is C17H23ClN6O3S. The summed E-state index contributed by atoms with van der Waals surface area (Å²) in [6, 6.07) is -0.166. The Kier molecular flexibility index (Phi) is 6.53. The summed E-state index contributed by atoms with van der Waals surface area (Å²) in [5, 5.41) is 6.66. The van der Waals surface area contributed by atoms with Gasteiger partial charge in [0.15, 0.2) is 16.1 Å². The van der Waals surface area contributed by atoms with Crippen molar-refractivity contribution in [2.45, 2.75) is 31.9 Å². The van der Waals surface area contributed by atoms with Gasteiger partial charge in [0.25, 0.3) is 11.8 Å². The molecule has 0 spiro atoms. The van der Waals surface area contributed by atoms with Crippen LogP contribution in [-0.4, -0.2) is 66.2 Å². The number of nitrogens with zero attached hydrogens (tertiary/aromatic N) is 3. The monoisotopic (exact) mass is 426 g/mol. The number of anilines is 1. The van der Waals surface area contributed by atoms with Gasteiger partial charge in [-0.2, -0.15) is 0 Å². The highest BCUT2D eigenvalue weighted by atomic mass is 35.5. The molecule has 0 saturated carbocycles. The largest absolute Gasteiger partial charge is 0.377 e. The number of aromatic amines is 1. The van der Waals surface area contributed by atoms with Crippen LogP contribution in [0.15, 0.2) is 6.20 Å². The average molecular weight is 427 g/mol. The number of aryl methyl sites for hydroxylation is 1. The van der Waals surface area contributed by atoms with Crippen LogP contribution < -0.4 is 15.5 Å². The van der Waals surface area contributed by atoms with Crippen molar-refractivity contribution in [3.8, 4) is 0 Å². The third-order valence-corrected chi connectivity index (χ3v) is 6.06. The molecule has 1 saturated heterocycles. The van der Waals surface area contributed by atoms with Gasteiger partial charge in [-0.25, -0.2) is 9.97 Å². The maximum atomic E-state index is 12.5. The number of hydrogen-bond donors (Lipinski definition) is 3. The standard InChI is InChI=1S/C17H23ClN6O3S/c1-4-9-13(18)23-14(21-9)16(26)22-10-5-6-24(8-11(10)27-3)17-20-7-12(28-17)15(25)19-2/h7,10-11H,4-6,8H2,1-3H3,(H,19,25)(H,21,23)(H,22,26)/t10-,11+/m0/s1. The van der Waals surface area contributed by atoms with Crippen LogP contribution in [0.1, 0.15) is 39.3 Å². The Hall–Kier alpha value is -2.17. The predicted molar refractivity (Wildman–Crippen MR) is 107 cm³/mol. The molecule has 0 unspecified atom stereocenters. The van der Waals surface area contributed by atoms with Crippen molar-refractivity contribution in [2.24, 2.45) is 0 Å². The molecule has 3 rings (SSSR count). The van der Waals surface area contributed by atoms with Gasteiger partial charge in [-0.3, -0.25) is 9.59 Å². The fraction of sp³-hybridized carbons (Fsp3) is 0.529. The van der Waals surface area contributed by atoms with Gasteiger partial charge < -0.3 is 25.3 Å². The van der Waals surface area contributed by atoms with E-state index in [1.54, 1.807) is 20.4 Å². The number of aromatic nitrogens is 3. The smallest absolute Gasteiger partial charge is 0.287 e. The van der Waals surface area contributed by atoms with Crippen LogP contribution in [0, 0.1) is 0 Å². The molecule has 2 amide bonds. The number of ether oxygens (including phenoxy) is 1. The zero-order chi connectivity index (χ0) is 20.3. The first kappa shape index (κ1) is 20.6. The van der Waals surface area contributed by atoms with Crippen LogP contribution in [-0.2, 0) is 11.2 Å². The zero-order valence-electron chi connectivity index (χ0n) is 15.9. The first-order chi connectivity index (χ1) is 13.5. The lowest BCUT2D eigenvalue weighted by Crippen LogP contribution is -2.55. The number of hydrogen-bond acceptors (Lipinski definition) is 7. The summed E-state index contributed by atoms with van der Waals surface area (Å²) in [5.74, 6) is -0.259. The third kappa shape index (κ3) is 4.29. The molecule has 0 radical (unpaired) electrons. The quantitative estimate of drug-likeness (QED) is 0.644. The van der Waals surface area contributed by atoms with Gasteiger partial charge >= 0.3 is 0 Å². The molecule has 0 bridgehead atoms. The van der Waals surface area contributed by atoms with Crippen molar-refractivity contribution in [3.63, 3.8) is 0 Å². The van der Waals surface area contributed by atoms with E-state index in [0.29, 0.717) is 36.0 Å². The number of carbonyl (C=O) groups is 2. The fourth-order valence-corrected chi connectivity index (χ4v) is 4.26. The lowest BCUT2D eigenvalue weighted by Gasteiger charge is -2.37. The van der Waals surface area contributed by atoms with Crippen molar-refractivity contribution in [3.05, 3.63) is 27.7 Å². The fourth-order valence-electron chi connectivity index (χ4n) is 3.10. The molecule has 3 heterocycles. The van der Waals surface area contributed by atoms with Gasteiger partial charge in [-0.15, -0.1) is 0 Å². The Balaban J connectivity index is 1.64. The molecule has 11 heteroatoms. The first-order valence-corrected chi connectivity index (χ1v) is 10.2. The Morgan fingerprint density at radius 3 is 2.89 bits per heavy atom. The highest BCUT2D eigenvalue weighted by Gasteiger charge is 2.32. The van der Waals surface area contributed by atoms with E-state index in [1.807, 2.05) is 6.92 Å². The third-order valence-electron chi connectivity index (χ3n) is 4.69. The first-order valence-electron chi connectivity index (χ1n) is 8.97. The zero-order valence-corrected chi connectivity index (χ0v) is 17.5. The molecule has 2 aromatic rings. The number of imidazole rings is 1. The highest BCUT2D eigenvalue weighted by Crippen LogP contribution is 2.26. The second-order valence-electron chi connectivity index (χ2n) is 6.38. The molecule has 0 aromatic carbocycles. The number of carbonyl (C=O) groups excluding carboxylic acids is 2. The van der Waals surface area contributed by atoms with Gasteiger partial charge in [-0.1, -0.05) is 29.9 Å². The molecule has 152 valence electrons. The van der Waals surface area contributed by atoms with Crippen LogP contribution in [0.25, 0.3) is 0 Å². The predicted octanol–water partition coefficient (Wildman–Crippen LogP) is 1.47. The Labute approximate surface area is 171 Å². The van der Waals surface area contributed by atoms with Crippen molar-refractivity contribution in [1.29, 1.82) is 0 Å². The maximum Gasteiger partial charge on any atom is 0.287 e. The molecule has 0 aliphatic carbocycles. The molecule has 3 N–H and O–H groups in total. The van der Waals surface area contributed by atoms with E-state index >= 15 is 0 Å². The number of halogens is 1. The lowest BCUT2D eigenvalue weighted by molar-refractivity contribution is 0.0538. The number of H-pyrrole nitrogens is 1. The summed E-state index contributed by atoms with van der Waals surface area (Å²) in [4.78, 5) is 38.3. The van der Waals surface area contributed by atoms with E-state index < -0.39 is 0 Å². The van der Waals surface area contributed by atoms with Gasteiger partial charge in [0, 0.05) is 27.2 Å². The maximum absolute atomic E-state index is 12.5. The second-order valence-corrected chi connectivity index (χ2v) is 7.75. The van der Waals surface area contributed by atoms with Crippen LogP contribution in [0.3, 0.4) is 0 Å². The molecule has 2 atom stereocenters. The van der Waals surface area contributed by atoms with Gasteiger partial charge in [0.2, 0.25) is 0 Å². The number of rotatable bonds is 6. The van der Waals surface area contributed by atoms with Crippen molar-refractivity contribution in [2.75, 3.05) is 32.1 Å². The van der Waals surface area contributed by atoms with E-state index in [-0.39, 0.29) is 29.8 Å². The topological polar surface area (TPSA) is 112 Å². The number of amides is 2. The van der Waals surface area contributed by atoms with Gasteiger partial charge in [0.05, 0.1) is 24.0 Å². The highest BCUT2D eigenvalue weighted by molar-refractivity contribution is 7.17. The summed E-state index contributed by atoms with van der Waals surface area (Å²) in [6.07, 6.45) is 2.69. The van der Waals surface area contributed by atoms with Crippen LogP contribution in [0.5, 0.6) is 0 Å². The Morgan fingerprint density at radius 1 is 1.46 bits per heavy atom. The molecule has 1 aliphatic heterocycles. The van der Waals surface area contributed by atoms with Crippen LogP contribution in [0.2, 0.25) is 5.15 Å². The minimum absolute atomic E-state index is 0.155. The van der Waals surface area contributed by atoms with Gasteiger partial charge in [-0.05, 0) is 12.8 Å². The number of thiazole rings is 1. The van der Waals surface area contributed by atoms with E-state index in [4.69, 9.17) is 16.3 Å². The normalized spacial score (nSPS) is 19.5. The average Bonchev–Trinajstić information content (AvgIpc) is 3.34. The molecule has 1 fully saturated rings. The Bertz CT molecular complexity index is 854. The van der Waals surface area contributed by atoms with E-state index in [1.165, 1.54) is 11.3 Å². The molecular weight excluding hydrogens is 404 g/mol. The SMILES string of the molecule is CCc1[nH]c(C(=O)N[C@H]2CCN(c3ncc(C(=O)NC)s3)C[C@H]2OC)nc1Cl. The van der Waals surface area contributed by atoms with E-state index in [9.17, 15) is 9.59 Å². The summed E-state index contributed by atoms with van der Waals surface area (Å²) in [5.41, 5.74) is 0.737. The summed E-state index contributed by atoms with van der Waals surface area (Å²) >= 11 is 7.36. The van der Waals surface area contributed by atoms with E-state index in [2.05, 4.69) is 30.5 Å². The summed E-state index contributed by atoms with van der Waals surface area (Å²) in [7, 11) is 3.20. The van der Waals surface area contributed by atoms with Crippen molar-refractivity contribution >= 4 is 39.9 Å².